The van der Waals surface area contributed by atoms with Gasteiger partial charge in [-0.05, 0) is 36.4 Å². The first-order valence-electron chi connectivity index (χ1n) is 6.48. The minimum atomic E-state index is 0.244. The number of aldehydes is 1. The van der Waals surface area contributed by atoms with E-state index in [2.05, 4.69) is 0 Å². The SMILES string of the molecule is COc1ccc(OCCOc2c(Cl)cc(Cl)cc2C=O)cc1. The van der Waals surface area contributed by atoms with Gasteiger partial charge in [0.2, 0.25) is 0 Å². The van der Waals surface area contributed by atoms with Crippen molar-refractivity contribution in [2.24, 2.45) is 0 Å². The second-order valence-corrected chi connectivity index (χ2v) is 5.14. The summed E-state index contributed by atoms with van der Waals surface area (Å²) in [7, 11) is 1.60. The number of methoxy groups -OCH3 is 1. The Kier molecular flexibility index (Phi) is 5.92. The van der Waals surface area contributed by atoms with Crippen LogP contribution < -0.4 is 14.2 Å². The van der Waals surface area contributed by atoms with Gasteiger partial charge in [0.15, 0.2) is 6.29 Å². The van der Waals surface area contributed by atoms with Gasteiger partial charge in [-0.2, -0.15) is 0 Å². The fraction of sp³-hybridized carbons (Fsp3) is 0.188. The van der Waals surface area contributed by atoms with E-state index >= 15 is 0 Å². The zero-order valence-corrected chi connectivity index (χ0v) is 13.4. The molecule has 0 aliphatic carbocycles. The quantitative estimate of drug-likeness (QED) is 0.557. The lowest BCUT2D eigenvalue weighted by atomic mass is 10.2. The van der Waals surface area contributed by atoms with Crippen molar-refractivity contribution in [1.29, 1.82) is 0 Å². The fourth-order valence-electron chi connectivity index (χ4n) is 1.80. The molecule has 0 saturated carbocycles. The van der Waals surface area contributed by atoms with Gasteiger partial charge in [-0.3, -0.25) is 4.79 Å². The predicted molar refractivity (Wildman–Crippen MR) is 85.8 cm³/mol. The molecule has 0 bridgehead atoms. The lowest BCUT2D eigenvalue weighted by Gasteiger charge is -2.12. The van der Waals surface area contributed by atoms with Gasteiger partial charge in [-0.1, -0.05) is 23.2 Å². The Balaban J connectivity index is 1.89. The smallest absolute Gasteiger partial charge is 0.153 e. The molecule has 0 fully saturated rings. The monoisotopic (exact) mass is 340 g/mol. The van der Waals surface area contributed by atoms with Crippen molar-refractivity contribution in [1.82, 2.24) is 0 Å². The molecule has 0 aliphatic heterocycles. The van der Waals surface area contributed by atoms with Gasteiger partial charge in [0.1, 0.15) is 30.5 Å². The van der Waals surface area contributed by atoms with Gasteiger partial charge in [0.05, 0.1) is 17.7 Å². The zero-order chi connectivity index (χ0) is 15.9. The Hall–Kier alpha value is -1.91. The highest BCUT2D eigenvalue weighted by atomic mass is 35.5. The first-order chi connectivity index (χ1) is 10.6. The summed E-state index contributed by atoms with van der Waals surface area (Å²) in [5, 5.41) is 0.674. The topological polar surface area (TPSA) is 44.8 Å². The number of ether oxygens (including phenoxy) is 3. The molecule has 0 N–H and O–H groups in total. The number of hydrogen-bond donors (Lipinski definition) is 0. The minimum Gasteiger partial charge on any atom is -0.497 e. The second kappa shape index (κ2) is 7.92. The minimum absolute atomic E-state index is 0.244. The molecule has 0 saturated heterocycles. The Morgan fingerprint density at radius 3 is 2.27 bits per heavy atom. The summed E-state index contributed by atoms with van der Waals surface area (Å²) >= 11 is 11.9. The molecule has 6 heteroatoms. The summed E-state index contributed by atoms with van der Waals surface area (Å²) in [6.07, 6.45) is 0.650. The van der Waals surface area contributed by atoms with E-state index in [4.69, 9.17) is 37.4 Å². The Labute approximate surface area is 138 Å². The maximum absolute atomic E-state index is 11.0. The molecule has 0 spiro atoms. The van der Waals surface area contributed by atoms with E-state index in [-0.39, 0.29) is 6.61 Å². The summed E-state index contributed by atoms with van der Waals surface area (Å²) in [5.74, 6) is 1.76. The normalized spacial score (nSPS) is 10.1. The van der Waals surface area contributed by atoms with Gasteiger partial charge < -0.3 is 14.2 Å². The largest absolute Gasteiger partial charge is 0.497 e. The highest BCUT2D eigenvalue weighted by Crippen LogP contribution is 2.31. The van der Waals surface area contributed by atoms with Crippen molar-refractivity contribution in [3.8, 4) is 17.2 Å². The van der Waals surface area contributed by atoms with Crippen LogP contribution >= 0.6 is 23.2 Å². The Morgan fingerprint density at radius 1 is 1.00 bits per heavy atom. The maximum Gasteiger partial charge on any atom is 0.153 e. The molecule has 0 unspecified atom stereocenters. The van der Waals surface area contributed by atoms with Crippen LogP contribution in [-0.4, -0.2) is 26.6 Å². The Bertz CT molecular complexity index is 641. The summed E-state index contributed by atoms with van der Waals surface area (Å²) < 4.78 is 16.1. The number of benzene rings is 2. The molecule has 2 rings (SSSR count). The number of halogens is 2. The van der Waals surface area contributed by atoms with Gasteiger partial charge in [0, 0.05) is 5.02 Å². The van der Waals surface area contributed by atoms with Gasteiger partial charge in [0.25, 0.3) is 0 Å². The molecule has 0 amide bonds. The van der Waals surface area contributed by atoms with E-state index in [9.17, 15) is 4.79 Å². The van der Waals surface area contributed by atoms with E-state index in [1.54, 1.807) is 31.4 Å². The van der Waals surface area contributed by atoms with Crippen molar-refractivity contribution in [3.63, 3.8) is 0 Å². The average molecular weight is 341 g/mol. The summed E-state index contributed by atoms with van der Waals surface area (Å²) in [6.45, 7) is 0.553. The highest BCUT2D eigenvalue weighted by molar-refractivity contribution is 6.36. The maximum atomic E-state index is 11.0. The van der Waals surface area contributed by atoms with Crippen LogP contribution in [0, 0.1) is 0 Å². The molecule has 0 aliphatic rings. The third-order valence-corrected chi connectivity index (χ3v) is 3.32. The van der Waals surface area contributed by atoms with Crippen LogP contribution in [0.3, 0.4) is 0 Å². The molecule has 0 aromatic heterocycles. The van der Waals surface area contributed by atoms with Crippen molar-refractivity contribution in [3.05, 3.63) is 52.0 Å². The first kappa shape index (κ1) is 16.5. The van der Waals surface area contributed by atoms with Crippen LogP contribution in [0.1, 0.15) is 10.4 Å². The number of carbonyl (C=O) groups is 1. The first-order valence-corrected chi connectivity index (χ1v) is 7.23. The summed E-state index contributed by atoms with van der Waals surface area (Å²) in [6, 6.07) is 10.2. The molecule has 2 aromatic rings. The number of rotatable bonds is 7. The van der Waals surface area contributed by atoms with E-state index in [0.29, 0.717) is 40.0 Å². The van der Waals surface area contributed by atoms with Crippen LogP contribution in [-0.2, 0) is 0 Å². The van der Waals surface area contributed by atoms with Crippen molar-refractivity contribution in [2.75, 3.05) is 20.3 Å². The lowest BCUT2D eigenvalue weighted by molar-refractivity contribution is 0.111. The van der Waals surface area contributed by atoms with Gasteiger partial charge in [-0.15, -0.1) is 0 Å². The van der Waals surface area contributed by atoms with E-state index in [1.807, 2.05) is 0 Å². The summed E-state index contributed by atoms with van der Waals surface area (Å²) in [4.78, 5) is 11.0. The second-order valence-electron chi connectivity index (χ2n) is 4.30. The molecular weight excluding hydrogens is 327 g/mol. The number of carbonyl (C=O) groups excluding carboxylic acids is 1. The molecule has 0 heterocycles. The van der Waals surface area contributed by atoms with Crippen molar-refractivity contribution in [2.45, 2.75) is 0 Å². The molecule has 2 aromatic carbocycles. The van der Waals surface area contributed by atoms with Crippen LogP contribution in [0.4, 0.5) is 0 Å². The van der Waals surface area contributed by atoms with Crippen LogP contribution in [0.15, 0.2) is 36.4 Å². The van der Waals surface area contributed by atoms with E-state index in [1.165, 1.54) is 12.1 Å². The lowest BCUT2D eigenvalue weighted by Crippen LogP contribution is -2.10. The van der Waals surface area contributed by atoms with Crippen molar-refractivity contribution < 1.29 is 19.0 Å². The van der Waals surface area contributed by atoms with Gasteiger partial charge >= 0.3 is 0 Å². The van der Waals surface area contributed by atoms with Crippen molar-refractivity contribution >= 4 is 29.5 Å². The third-order valence-electron chi connectivity index (χ3n) is 2.82. The average Bonchev–Trinajstić information content (AvgIpc) is 2.53. The highest BCUT2D eigenvalue weighted by Gasteiger charge is 2.10. The number of hydrogen-bond acceptors (Lipinski definition) is 4. The van der Waals surface area contributed by atoms with Gasteiger partial charge in [-0.25, -0.2) is 0 Å². The molecule has 0 atom stereocenters. The molecule has 22 heavy (non-hydrogen) atoms. The molecule has 4 nitrogen and oxygen atoms in total. The Morgan fingerprint density at radius 2 is 1.64 bits per heavy atom. The van der Waals surface area contributed by atoms with E-state index in [0.717, 1.165) is 5.75 Å². The standard InChI is InChI=1S/C16H14Cl2O4/c1-20-13-2-4-14(5-3-13)21-6-7-22-16-11(10-19)8-12(17)9-15(16)18/h2-5,8-10H,6-7H2,1H3. The van der Waals surface area contributed by atoms with Crippen LogP contribution in [0.5, 0.6) is 17.2 Å². The molecule has 0 radical (unpaired) electrons. The van der Waals surface area contributed by atoms with Crippen LogP contribution in [0.25, 0.3) is 0 Å². The fourth-order valence-corrected chi connectivity index (χ4v) is 2.36. The van der Waals surface area contributed by atoms with E-state index < -0.39 is 0 Å². The zero-order valence-electron chi connectivity index (χ0n) is 11.8. The van der Waals surface area contributed by atoms with Crippen LogP contribution in [0.2, 0.25) is 10.0 Å². The third kappa shape index (κ3) is 4.29. The molecule has 116 valence electrons. The predicted octanol–water partition coefficient (Wildman–Crippen LogP) is 4.27. The molecular formula is C16H14Cl2O4. The summed E-state index contributed by atoms with van der Waals surface area (Å²) in [5.41, 5.74) is 0.307.